The summed E-state index contributed by atoms with van der Waals surface area (Å²) in [6.07, 6.45) is 0.682. The van der Waals surface area contributed by atoms with Crippen molar-refractivity contribution in [1.82, 2.24) is 0 Å². The minimum absolute atomic E-state index is 0.0979. The highest BCUT2D eigenvalue weighted by Gasteiger charge is 2.27. The lowest BCUT2D eigenvalue weighted by atomic mass is 9.77. The second kappa shape index (κ2) is 10.5. The van der Waals surface area contributed by atoms with Gasteiger partial charge < -0.3 is 14.9 Å². The third-order valence-electron chi connectivity index (χ3n) is 6.93. The van der Waals surface area contributed by atoms with Crippen molar-refractivity contribution in [1.29, 1.82) is 0 Å². The molecule has 0 amide bonds. The SMILES string of the molecule is CCC(=O)Oc1cccc(-c2cc(Cc3cc(C(C)(C)C)cc(C(C)(C)C)c3O)c(O)c(C(C)(C)C)c2)c1. The molecule has 3 rings (SSSR count). The minimum Gasteiger partial charge on any atom is -0.507 e. The molecule has 3 aromatic carbocycles. The Labute approximate surface area is 228 Å². The molecule has 3 aromatic rings. The first kappa shape index (κ1) is 29.3. The van der Waals surface area contributed by atoms with Gasteiger partial charge in [-0.25, -0.2) is 0 Å². The van der Waals surface area contributed by atoms with Gasteiger partial charge in [0.2, 0.25) is 0 Å². The van der Waals surface area contributed by atoms with Gasteiger partial charge in [0.25, 0.3) is 0 Å². The van der Waals surface area contributed by atoms with Crippen molar-refractivity contribution >= 4 is 5.97 Å². The minimum atomic E-state index is -0.312. The Kier molecular flexibility index (Phi) is 8.07. The molecule has 2 N–H and O–H groups in total. The summed E-state index contributed by atoms with van der Waals surface area (Å²) < 4.78 is 5.46. The quantitative estimate of drug-likeness (QED) is 0.263. The predicted molar refractivity (Wildman–Crippen MR) is 156 cm³/mol. The van der Waals surface area contributed by atoms with Crippen molar-refractivity contribution < 1.29 is 19.7 Å². The van der Waals surface area contributed by atoms with Crippen molar-refractivity contribution in [3.05, 3.63) is 76.3 Å². The number of esters is 1. The smallest absolute Gasteiger partial charge is 0.310 e. The van der Waals surface area contributed by atoms with E-state index in [-0.39, 0.29) is 33.7 Å². The van der Waals surface area contributed by atoms with E-state index in [9.17, 15) is 15.0 Å². The number of phenols is 2. The van der Waals surface area contributed by atoms with Crippen LogP contribution in [0.25, 0.3) is 11.1 Å². The number of ether oxygens (including phenoxy) is 1. The van der Waals surface area contributed by atoms with Crippen LogP contribution >= 0.6 is 0 Å². The topological polar surface area (TPSA) is 66.8 Å². The summed E-state index contributed by atoms with van der Waals surface area (Å²) in [7, 11) is 0. The van der Waals surface area contributed by atoms with E-state index >= 15 is 0 Å². The maximum absolute atomic E-state index is 11.9. The highest BCUT2D eigenvalue weighted by atomic mass is 16.5. The first-order valence-corrected chi connectivity index (χ1v) is 13.5. The van der Waals surface area contributed by atoms with Gasteiger partial charge in [0.05, 0.1) is 0 Å². The number of carbonyl (C=O) groups is 1. The maximum atomic E-state index is 11.9. The number of rotatable bonds is 5. The molecule has 0 atom stereocenters. The summed E-state index contributed by atoms with van der Waals surface area (Å²) in [6, 6.07) is 15.6. The van der Waals surface area contributed by atoms with E-state index in [4.69, 9.17) is 4.74 Å². The molecule has 0 saturated carbocycles. The van der Waals surface area contributed by atoms with E-state index in [1.807, 2.05) is 30.3 Å². The lowest BCUT2D eigenvalue weighted by Crippen LogP contribution is -2.17. The highest BCUT2D eigenvalue weighted by Crippen LogP contribution is 2.42. The maximum Gasteiger partial charge on any atom is 0.310 e. The third kappa shape index (κ3) is 6.59. The Morgan fingerprint density at radius 1 is 0.711 bits per heavy atom. The molecule has 0 bridgehead atoms. The van der Waals surface area contributed by atoms with Crippen molar-refractivity contribution in [2.45, 2.75) is 98.3 Å². The number of hydrogen-bond donors (Lipinski definition) is 2. The second-order valence-corrected chi connectivity index (χ2v) is 13.3. The van der Waals surface area contributed by atoms with Crippen molar-refractivity contribution in [3.63, 3.8) is 0 Å². The molecule has 4 heteroatoms. The normalized spacial score (nSPS) is 12.5. The van der Waals surface area contributed by atoms with Crippen LogP contribution in [0.4, 0.5) is 0 Å². The molecule has 4 nitrogen and oxygen atoms in total. The van der Waals surface area contributed by atoms with Gasteiger partial charge in [-0.1, -0.05) is 93.5 Å². The summed E-state index contributed by atoms with van der Waals surface area (Å²) in [6.45, 7) is 20.8. The predicted octanol–water partition coefficient (Wildman–Crippen LogP) is 8.56. The first-order chi connectivity index (χ1) is 17.4. The van der Waals surface area contributed by atoms with Crippen molar-refractivity contribution in [3.8, 4) is 28.4 Å². The largest absolute Gasteiger partial charge is 0.507 e. The Hall–Kier alpha value is -3.27. The first-order valence-electron chi connectivity index (χ1n) is 13.5. The van der Waals surface area contributed by atoms with E-state index in [0.717, 1.165) is 38.9 Å². The zero-order valence-electron chi connectivity index (χ0n) is 24.7. The van der Waals surface area contributed by atoms with Crippen LogP contribution in [-0.2, 0) is 27.5 Å². The average molecular weight is 517 g/mol. The van der Waals surface area contributed by atoms with E-state index in [0.29, 0.717) is 18.6 Å². The lowest BCUT2D eigenvalue weighted by Gasteiger charge is -2.28. The molecule has 0 radical (unpaired) electrons. The Bertz CT molecular complexity index is 1330. The third-order valence-corrected chi connectivity index (χ3v) is 6.93. The van der Waals surface area contributed by atoms with Crippen LogP contribution in [0.3, 0.4) is 0 Å². The van der Waals surface area contributed by atoms with E-state index in [1.54, 1.807) is 13.0 Å². The van der Waals surface area contributed by atoms with Gasteiger partial charge in [-0.2, -0.15) is 0 Å². The van der Waals surface area contributed by atoms with Gasteiger partial charge in [-0.15, -0.1) is 0 Å². The molecule has 0 saturated heterocycles. The molecular weight excluding hydrogens is 472 g/mol. The summed E-state index contributed by atoms with van der Waals surface area (Å²) in [4.78, 5) is 11.9. The number of phenolic OH excluding ortho intramolecular Hbond substituents is 2. The summed E-state index contributed by atoms with van der Waals surface area (Å²) in [5.74, 6) is 0.730. The van der Waals surface area contributed by atoms with Gasteiger partial charge in [0.1, 0.15) is 17.2 Å². The molecule has 0 aromatic heterocycles. The van der Waals surface area contributed by atoms with Crippen LogP contribution in [0.1, 0.15) is 103 Å². The summed E-state index contributed by atoms with van der Waals surface area (Å²) in [5.41, 5.74) is 5.56. The standard InChI is InChI=1S/C34H44O4/c1-11-29(35)38-26-14-12-13-21(18-26)22-15-23(30(36)27(19-22)33(5,6)7)16-24-17-25(32(2,3)4)20-28(31(24)37)34(8,9)10/h12-15,17-20,36-37H,11,16H2,1-10H3. The average Bonchev–Trinajstić information content (AvgIpc) is 2.79. The van der Waals surface area contributed by atoms with Gasteiger partial charge in [-0.05, 0) is 73.9 Å². The molecule has 38 heavy (non-hydrogen) atoms. The number of aromatic hydroxyl groups is 2. The molecule has 0 aliphatic heterocycles. The molecule has 0 aliphatic carbocycles. The van der Waals surface area contributed by atoms with Crippen LogP contribution in [0.2, 0.25) is 0 Å². The zero-order valence-corrected chi connectivity index (χ0v) is 24.7. The fraction of sp³-hybridized carbons (Fsp3) is 0.441. The highest BCUT2D eigenvalue weighted by molar-refractivity contribution is 5.74. The van der Waals surface area contributed by atoms with Crippen molar-refractivity contribution in [2.24, 2.45) is 0 Å². The van der Waals surface area contributed by atoms with Crippen molar-refractivity contribution in [2.75, 3.05) is 0 Å². The van der Waals surface area contributed by atoms with Crippen LogP contribution in [0, 0.1) is 0 Å². The Morgan fingerprint density at radius 2 is 1.26 bits per heavy atom. The van der Waals surface area contributed by atoms with Gasteiger partial charge in [0.15, 0.2) is 0 Å². The van der Waals surface area contributed by atoms with Crippen LogP contribution in [0.15, 0.2) is 48.5 Å². The van der Waals surface area contributed by atoms with E-state index < -0.39 is 0 Å². The monoisotopic (exact) mass is 516 g/mol. The van der Waals surface area contributed by atoms with E-state index in [2.05, 4.69) is 74.4 Å². The second-order valence-electron chi connectivity index (χ2n) is 13.3. The molecule has 0 spiro atoms. The number of hydrogen-bond acceptors (Lipinski definition) is 4. The molecule has 204 valence electrons. The zero-order chi connectivity index (χ0) is 28.6. The number of carbonyl (C=O) groups excluding carboxylic acids is 1. The molecule has 0 unspecified atom stereocenters. The molecular formula is C34H44O4. The van der Waals surface area contributed by atoms with Crippen LogP contribution in [-0.4, -0.2) is 16.2 Å². The summed E-state index contributed by atoms with van der Waals surface area (Å²) in [5, 5.41) is 22.9. The molecule has 0 aliphatic rings. The molecule has 0 fully saturated rings. The number of benzene rings is 3. The molecule has 0 heterocycles. The van der Waals surface area contributed by atoms with Gasteiger partial charge >= 0.3 is 5.97 Å². The van der Waals surface area contributed by atoms with Crippen LogP contribution in [0.5, 0.6) is 17.2 Å². The lowest BCUT2D eigenvalue weighted by molar-refractivity contribution is -0.134. The fourth-order valence-corrected chi connectivity index (χ4v) is 4.55. The van der Waals surface area contributed by atoms with Crippen LogP contribution < -0.4 is 4.74 Å². The summed E-state index contributed by atoms with van der Waals surface area (Å²) >= 11 is 0. The van der Waals surface area contributed by atoms with Gasteiger partial charge in [0, 0.05) is 18.4 Å². The fourth-order valence-electron chi connectivity index (χ4n) is 4.55. The van der Waals surface area contributed by atoms with E-state index in [1.165, 1.54) is 0 Å². The Morgan fingerprint density at radius 3 is 1.79 bits per heavy atom. The Balaban J connectivity index is 2.22. The van der Waals surface area contributed by atoms with Gasteiger partial charge in [-0.3, -0.25) is 4.79 Å².